The first kappa shape index (κ1) is 12.1. The minimum absolute atomic E-state index is 0.224. The second-order valence-corrected chi connectivity index (χ2v) is 3.87. The molecule has 0 aliphatic carbocycles. The van der Waals surface area contributed by atoms with Crippen LogP contribution in [0.4, 0.5) is 0 Å². The minimum atomic E-state index is -0.961. The number of aromatic carboxylic acids is 1. The van der Waals surface area contributed by atoms with Gasteiger partial charge in [0.2, 0.25) is 0 Å². The van der Waals surface area contributed by atoms with Gasteiger partial charge >= 0.3 is 5.97 Å². The van der Waals surface area contributed by atoms with Crippen molar-refractivity contribution in [1.82, 2.24) is 4.98 Å². The molecular weight excluding hydrogens is 230 g/mol. The number of nitrogens with zero attached hydrogens (tertiary/aromatic N) is 1. The number of hydrogen-bond acceptors (Lipinski definition) is 3. The molecule has 2 aromatic rings. The largest absolute Gasteiger partial charge is 0.497 e. The SMILES string of the molecule is COc1cccc(-c2ccc(C(=O)O)c(C)n2)c1. The predicted octanol–water partition coefficient (Wildman–Crippen LogP) is 2.76. The summed E-state index contributed by atoms with van der Waals surface area (Å²) in [5, 5.41) is 8.95. The van der Waals surface area contributed by atoms with Crippen molar-refractivity contribution in [1.29, 1.82) is 0 Å². The fourth-order valence-electron chi connectivity index (χ4n) is 1.73. The molecule has 0 spiro atoms. The summed E-state index contributed by atoms with van der Waals surface area (Å²) >= 11 is 0. The number of carbonyl (C=O) groups is 1. The molecule has 0 saturated heterocycles. The van der Waals surface area contributed by atoms with E-state index in [1.807, 2.05) is 24.3 Å². The first-order chi connectivity index (χ1) is 8.61. The number of aryl methyl sites for hydroxylation is 1. The molecule has 92 valence electrons. The van der Waals surface area contributed by atoms with Gasteiger partial charge in [-0.25, -0.2) is 4.79 Å². The molecule has 0 radical (unpaired) electrons. The molecule has 4 nitrogen and oxygen atoms in total. The molecule has 0 fully saturated rings. The van der Waals surface area contributed by atoms with E-state index in [0.717, 1.165) is 17.0 Å². The van der Waals surface area contributed by atoms with Gasteiger partial charge in [0.1, 0.15) is 5.75 Å². The third kappa shape index (κ3) is 2.32. The minimum Gasteiger partial charge on any atom is -0.497 e. The van der Waals surface area contributed by atoms with E-state index in [9.17, 15) is 4.79 Å². The zero-order valence-corrected chi connectivity index (χ0v) is 10.2. The fraction of sp³-hybridized carbons (Fsp3) is 0.143. The molecule has 4 heteroatoms. The highest BCUT2D eigenvalue weighted by Gasteiger charge is 2.09. The Hall–Kier alpha value is -2.36. The summed E-state index contributed by atoms with van der Waals surface area (Å²) in [4.78, 5) is 15.2. The Balaban J connectivity index is 2.45. The van der Waals surface area contributed by atoms with Gasteiger partial charge in [-0.2, -0.15) is 0 Å². The van der Waals surface area contributed by atoms with Crippen LogP contribution in [-0.4, -0.2) is 23.2 Å². The van der Waals surface area contributed by atoms with E-state index < -0.39 is 5.97 Å². The first-order valence-electron chi connectivity index (χ1n) is 5.47. The van der Waals surface area contributed by atoms with Crippen molar-refractivity contribution < 1.29 is 14.6 Å². The van der Waals surface area contributed by atoms with Crippen LogP contribution in [0.15, 0.2) is 36.4 Å². The molecule has 0 unspecified atom stereocenters. The Labute approximate surface area is 105 Å². The van der Waals surface area contributed by atoms with Crippen molar-refractivity contribution in [3.8, 4) is 17.0 Å². The first-order valence-corrected chi connectivity index (χ1v) is 5.47. The highest BCUT2D eigenvalue weighted by atomic mass is 16.5. The zero-order valence-electron chi connectivity index (χ0n) is 10.2. The smallest absolute Gasteiger partial charge is 0.337 e. The summed E-state index contributed by atoms with van der Waals surface area (Å²) in [5.41, 5.74) is 2.36. The van der Waals surface area contributed by atoms with E-state index in [1.165, 1.54) is 0 Å². The summed E-state index contributed by atoms with van der Waals surface area (Å²) in [7, 11) is 1.60. The number of methoxy groups -OCH3 is 1. The van der Waals surface area contributed by atoms with Gasteiger partial charge in [-0.05, 0) is 31.2 Å². The molecular formula is C14H13NO3. The average molecular weight is 243 g/mol. The second kappa shape index (κ2) is 4.87. The van der Waals surface area contributed by atoms with Crippen LogP contribution in [0.5, 0.6) is 5.75 Å². The van der Waals surface area contributed by atoms with Gasteiger partial charge < -0.3 is 9.84 Å². The molecule has 0 aliphatic rings. The van der Waals surface area contributed by atoms with Crippen molar-refractivity contribution in [2.75, 3.05) is 7.11 Å². The van der Waals surface area contributed by atoms with Crippen molar-refractivity contribution in [2.45, 2.75) is 6.92 Å². The van der Waals surface area contributed by atoms with Crippen LogP contribution in [0, 0.1) is 6.92 Å². The molecule has 2 rings (SSSR count). The van der Waals surface area contributed by atoms with Crippen molar-refractivity contribution in [3.05, 3.63) is 47.7 Å². The van der Waals surface area contributed by atoms with Crippen LogP contribution >= 0.6 is 0 Å². The second-order valence-electron chi connectivity index (χ2n) is 3.87. The fourth-order valence-corrected chi connectivity index (χ4v) is 1.73. The van der Waals surface area contributed by atoms with Crippen LogP contribution in [0.2, 0.25) is 0 Å². The summed E-state index contributed by atoms with van der Waals surface area (Å²) in [6.45, 7) is 1.69. The van der Waals surface area contributed by atoms with Crippen molar-refractivity contribution in [2.24, 2.45) is 0 Å². The van der Waals surface area contributed by atoms with Gasteiger partial charge in [0.05, 0.1) is 24.1 Å². The Morgan fingerprint density at radius 2 is 2.06 bits per heavy atom. The quantitative estimate of drug-likeness (QED) is 0.900. The number of pyridine rings is 1. The number of ether oxygens (including phenoxy) is 1. The zero-order chi connectivity index (χ0) is 13.1. The number of rotatable bonds is 3. The van der Waals surface area contributed by atoms with Crippen molar-refractivity contribution >= 4 is 5.97 Å². The van der Waals surface area contributed by atoms with E-state index in [2.05, 4.69) is 4.98 Å². The molecule has 18 heavy (non-hydrogen) atoms. The molecule has 0 bridgehead atoms. The van der Waals surface area contributed by atoms with E-state index >= 15 is 0 Å². The third-order valence-corrected chi connectivity index (χ3v) is 2.68. The number of aromatic nitrogens is 1. The lowest BCUT2D eigenvalue weighted by atomic mass is 10.1. The summed E-state index contributed by atoms with van der Waals surface area (Å²) in [6, 6.07) is 10.8. The van der Waals surface area contributed by atoms with Crippen molar-refractivity contribution in [3.63, 3.8) is 0 Å². The van der Waals surface area contributed by atoms with Gasteiger partial charge in [-0.1, -0.05) is 12.1 Å². The molecule has 0 amide bonds. The Kier molecular flexibility index (Phi) is 3.28. The van der Waals surface area contributed by atoms with Crippen LogP contribution in [-0.2, 0) is 0 Å². The third-order valence-electron chi connectivity index (χ3n) is 2.68. The monoisotopic (exact) mass is 243 g/mol. The van der Waals surface area contributed by atoms with Crippen LogP contribution < -0.4 is 4.74 Å². The molecule has 0 aliphatic heterocycles. The molecule has 1 heterocycles. The molecule has 0 atom stereocenters. The molecule has 1 aromatic carbocycles. The topological polar surface area (TPSA) is 59.4 Å². The normalized spacial score (nSPS) is 10.1. The standard InChI is InChI=1S/C14H13NO3/c1-9-12(14(16)17)6-7-13(15-9)10-4-3-5-11(8-10)18-2/h3-8H,1-2H3,(H,16,17). The maximum absolute atomic E-state index is 10.9. The predicted molar refractivity (Wildman–Crippen MR) is 67.9 cm³/mol. The molecule has 1 N–H and O–H groups in total. The van der Waals surface area contributed by atoms with Gasteiger partial charge in [-0.15, -0.1) is 0 Å². The average Bonchev–Trinajstić information content (AvgIpc) is 2.38. The van der Waals surface area contributed by atoms with Crippen LogP contribution in [0.25, 0.3) is 11.3 Å². The van der Waals surface area contributed by atoms with E-state index in [1.54, 1.807) is 26.2 Å². The molecule has 1 aromatic heterocycles. The number of carboxylic acid groups (broad SMARTS) is 1. The number of benzene rings is 1. The molecule has 0 saturated carbocycles. The van der Waals surface area contributed by atoms with Gasteiger partial charge in [0.25, 0.3) is 0 Å². The summed E-state index contributed by atoms with van der Waals surface area (Å²) in [6.07, 6.45) is 0. The Morgan fingerprint density at radius 3 is 2.67 bits per heavy atom. The van der Waals surface area contributed by atoms with E-state index in [-0.39, 0.29) is 5.56 Å². The lowest BCUT2D eigenvalue weighted by Crippen LogP contribution is -2.02. The van der Waals surface area contributed by atoms with Crippen LogP contribution in [0.3, 0.4) is 0 Å². The summed E-state index contributed by atoms with van der Waals surface area (Å²) in [5.74, 6) is -0.216. The van der Waals surface area contributed by atoms with Crippen LogP contribution in [0.1, 0.15) is 16.1 Å². The van der Waals surface area contributed by atoms with Gasteiger partial charge in [-0.3, -0.25) is 4.98 Å². The highest BCUT2D eigenvalue weighted by molar-refractivity contribution is 5.89. The lowest BCUT2D eigenvalue weighted by Gasteiger charge is -2.06. The Morgan fingerprint density at radius 1 is 1.28 bits per heavy atom. The maximum Gasteiger partial charge on any atom is 0.337 e. The number of hydrogen-bond donors (Lipinski definition) is 1. The highest BCUT2D eigenvalue weighted by Crippen LogP contribution is 2.23. The van der Waals surface area contributed by atoms with E-state index in [0.29, 0.717) is 5.69 Å². The Bertz CT molecular complexity index is 593. The van der Waals surface area contributed by atoms with Gasteiger partial charge in [0, 0.05) is 5.56 Å². The van der Waals surface area contributed by atoms with Gasteiger partial charge in [0.15, 0.2) is 0 Å². The lowest BCUT2D eigenvalue weighted by molar-refractivity contribution is 0.0695. The maximum atomic E-state index is 10.9. The van der Waals surface area contributed by atoms with E-state index in [4.69, 9.17) is 9.84 Å². The number of carboxylic acids is 1. The summed E-state index contributed by atoms with van der Waals surface area (Å²) < 4.78 is 5.15.